The Hall–Kier alpha value is -1.10. The molecule has 1 heterocycles. The summed E-state index contributed by atoms with van der Waals surface area (Å²) in [5, 5.41) is 8.95. The van der Waals surface area contributed by atoms with E-state index in [1.165, 1.54) is 0 Å². The molecule has 0 radical (unpaired) electrons. The average Bonchev–Trinajstić information content (AvgIpc) is 2.61. The SMILES string of the molecule is CCCC(C)C(=O)N1CCC(N)(C(=O)O)C1. The first-order chi connectivity index (χ1) is 7.40. The van der Waals surface area contributed by atoms with Crippen LogP contribution in [-0.2, 0) is 9.59 Å². The Balaban J connectivity index is 2.59. The molecule has 5 heteroatoms. The number of carbonyl (C=O) groups is 2. The van der Waals surface area contributed by atoms with E-state index >= 15 is 0 Å². The molecular formula is C11H20N2O3. The molecule has 0 saturated carbocycles. The van der Waals surface area contributed by atoms with Crippen molar-refractivity contribution in [2.45, 2.75) is 38.6 Å². The number of carboxylic acid groups (broad SMARTS) is 1. The molecular weight excluding hydrogens is 208 g/mol. The molecule has 1 aliphatic heterocycles. The number of nitrogens with two attached hydrogens (primary N) is 1. The summed E-state index contributed by atoms with van der Waals surface area (Å²) < 4.78 is 0. The van der Waals surface area contributed by atoms with E-state index in [1.807, 2.05) is 13.8 Å². The minimum atomic E-state index is -1.25. The molecule has 1 amide bonds. The van der Waals surface area contributed by atoms with Crippen molar-refractivity contribution in [2.75, 3.05) is 13.1 Å². The lowest BCUT2D eigenvalue weighted by Crippen LogP contribution is -2.51. The van der Waals surface area contributed by atoms with Gasteiger partial charge in [0.2, 0.25) is 5.91 Å². The average molecular weight is 228 g/mol. The van der Waals surface area contributed by atoms with Gasteiger partial charge in [0.1, 0.15) is 5.54 Å². The van der Waals surface area contributed by atoms with Crippen LogP contribution in [-0.4, -0.2) is 40.5 Å². The van der Waals surface area contributed by atoms with Crippen LogP contribution < -0.4 is 5.73 Å². The highest BCUT2D eigenvalue weighted by Crippen LogP contribution is 2.22. The minimum Gasteiger partial charge on any atom is -0.480 e. The van der Waals surface area contributed by atoms with E-state index in [2.05, 4.69) is 0 Å². The zero-order valence-electron chi connectivity index (χ0n) is 9.90. The van der Waals surface area contributed by atoms with Crippen LogP contribution >= 0.6 is 0 Å². The van der Waals surface area contributed by atoms with E-state index in [0.717, 1.165) is 12.8 Å². The molecule has 5 nitrogen and oxygen atoms in total. The molecule has 0 aliphatic carbocycles. The lowest BCUT2D eigenvalue weighted by atomic mass is 10.0. The van der Waals surface area contributed by atoms with Gasteiger partial charge >= 0.3 is 5.97 Å². The normalized spacial score (nSPS) is 26.8. The van der Waals surface area contributed by atoms with E-state index in [1.54, 1.807) is 4.90 Å². The van der Waals surface area contributed by atoms with Crippen molar-refractivity contribution in [3.05, 3.63) is 0 Å². The third-order valence-corrected chi connectivity index (χ3v) is 3.18. The number of rotatable bonds is 4. The number of hydrogen-bond acceptors (Lipinski definition) is 3. The van der Waals surface area contributed by atoms with Gasteiger partial charge in [-0.1, -0.05) is 20.3 Å². The molecule has 1 aliphatic rings. The molecule has 2 atom stereocenters. The molecule has 0 aromatic carbocycles. The van der Waals surface area contributed by atoms with E-state index in [9.17, 15) is 9.59 Å². The fourth-order valence-corrected chi connectivity index (χ4v) is 2.06. The predicted octanol–water partition coefficient (Wildman–Crippen LogP) is 0.437. The molecule has 2 unspecified atom stereocenters. The van der Waals surface area contributed by atoms with Crippen LogP contribution in [0.5, 0.6) is 0 Å². The molecule has 92 valence electrons. The number of carbonyl (C=O) groups excluding carboxylic acids is 1. The van der Waals surface area contributed by atoms with E-state index in [4.69, 9.17) is 10.8 Å². The fraction of sp³-hybridized carbons (Fsp3) is 0.818. The Morgan fingerprint density at radius 2 is 2.19 bits per heavy atom. The van der Waals surface area contributed by atoms with Crippen LogP contribution in [0.3, 0.4) is 0 Å². The van der Waals surface area contributed by atoms with Crippen molar-refractivity contribution in [2.24, 2.45) is 11.7 Å². The standard InChI is InChI=1S/C11H20N2O3/c1-3-4-8(2)9(14)13-6-5-11(12,7-13)10(15)16/h8H,3-7,12H2,1-2H3,(H,15,16). The summed E-state index contributed by atoms with van der Waals surface area (Å²) in [5.74, 6) is -1.04. The Morgan fingerprint density at radius 3 is 2.62 bits per heavy atom. The molecule has 1 saturated heterocycles. The highest BCUT2D eigenvalue weighted by Gasteiger charge is 2.43. The van der Waals surface area contributed by atoms with E-state index < -0.39 is 11.5 Å². The summed E-state index contributed by atoms with van der Waals surface area (Å²) >= 11 is 0. The summed E-state index contributed by atoms with van der Waals surface area (Å²) in [4.78, 5) is 24.4. The number of carboxylic acids is 1. The number of likely N-dealkylation sites (tertiary alicyclic amines) is 1. The van der Waals surface area contributed by atoms with Crippen molar-refractivity contribution >= 4 is 11.9 Å². The van der Waals surface area contributed by atoms with Gasteiger partial charge in [-0.25, -0.2) is 0 Å². The first-order valence-corrected chi connectivity index (χ1v) is 5.72. The van der Waals surface area contributed by atoms with E-state index in [-0.39, 0.29) is 18.4 Å². The van der Waals surface area contributed by atoms with Gasteiger partial charge in [0.25, 0.3) is 0 Å². The van der Waals surface area contributed by atoms with Crippen molar-refractivity contribution in [1.82, 2.24) is 4.90 Å². The van der Waals surface area contributed by atoms with Crippen molar-refractivity contribution < 1.29 is 14.7 Å². The first kappa shape index (κ1) is 13.0. The summed E-state index contributed by atoms with van der Waals surface area (Å²) in [6.45, 7) is 4.49. The summed E-state index contributed by atoms with van der Waals surface area (Å²) in [6, 6.07) is 0. The van der Waals surface area contributed by atoms with Gasteiger partial charge in [-0.15, -0.1) is 0 Å². The predicted molar refractivity (Wildman–Crippen MR) is 59.8 cm³/mol. The maximum absolute atomic E-state index is 11.9. The van der Waals surface area contributed by atoms with Gasteiger partial charge in [-0.3, -0.25) is 9.59 Å². The smallest absolute Gasteiger partial charge is 0.325 e. The van der Waals surface area contributed by atoms with Crippen LogP contribution in [0.1, 0.15) is 33.1 Å². The topological polar surface area (TPSA) is 83.6 Å². The molecule has 1 rings (SSSR count). The van der Waals surface area contributed by atoms with Gasteiger partial charge in [-0.05, 0) is 12.8 Å². The summed E-state index contributed by atoms with van der Waals surface area (Å²) in [5.41, 5.74) is 4.46. The zero-order chi connectivity index (χ0) is 12.3. The Kier molecular flexibility index (Phi) is 3.91. The summed E-state index contributed by atoms with van der Waals surface area (Å²) in [7, 11) is 0. The van der Waals surface area contributed by atoms with Crippen LogP contribution in [0.25, 0.3) is 0 Å². The molecule has 0 spiro atoms. The van der Waals surface area contributed by atoms with Crippen LogP contribution in [0, 0.1) is 5.92 Å². The molecule has 0 aromatic heterocycles. The second-order valence-electron chi connectivity index (χ2n) is 4.66. The van der Waals surface area contributed by atoms with Crippen LogP contribution in [0.15, 0.2) is 0 Å². The molecule has 0 aromatic rings. The maximum Gasteiger partial charge on any atom is 0.325 e. The zero-order valence-corrected chi connectivity index (χ0v) is 9.90. The highest BCUT2D eigenvalue weighted by atomic mass is 16.4. The second-order valence-corrected chi connectivity index (χ2v) is 4.66. The number of hydrogen-bond donors (Lipinski definition) is 2. The third-order valence-electron chi connectivity index (χ3n) is 3.18. The monoisotopic (exact) mass is 228 g/mol. The molecule has 1 fully saturated rings. The number of aliphatic carboxylic acids is 1. The fourth-order valence-electron chi connectivity index (χ4n) is 2.06. The summed E-state index contributed by atoms with van der Waals surface area (Å²) in [6.07, 6.45) is 2.13. The highest BCUT2D eigenvalue weighted by molar-refractivity contribution is 5.83. The Labute approximate surface area is 95.6 Å². The molecule has 3 N–H and O–H groups in total. The van der Waals surface area contributed by atoms with Gasteiger partial charge in [0.05, 0.1) is 0 Å². The van der Waals surface area contributed by atoms with Crippen molar-refractivity contribution in [1.29, 1.82) is 0 Å². The number of amides is 1. The maximum atomic E-state index is 11.9. The van der Waals surface area contributed by atoms with Crippen LogP contribution in [0.4, 0.5) is 0 Å². The molecule has 0 bridgehead atoms. The Bertz CT molecular complexity index is 293. The Morgan fingerprint density at radius 1 is 1.56 bits per heavy atom. The van der Waals surface area contributed by atoms with Gasteiger partial charge < -0.3 is 15.7 Å². The third kappa shape index (κ3) is 2.52. The first-order valence-electron chi connectivity index (χ1n) is 5.72. The second kappa shape index (κ2) is 4.82. The number of nitrogens with zero attached hydrogens (tertiary/aromatic N) is 1. The van der Waals surface area contributed by atoms with Gasteiger partial charge in [0, 0.05) is 19.0 Å². The van der Waals surface area contributed by atoms with Crippen molar-refractivity contribution in [3.63, 3.8) is 0 Å². The van der Waals surface area contributed by atoms with Gasteiger partial charge in [-0.2, -0.15) is 0 Å². The van der Waals surface area contributed by atoms with Crippen molar-refractivity contribution in [3.8, 4) is 0 Å². The van der Waals surface area contributed by atoms with Crippen LogP contribution in [0.2, 0.25) is 0 Å². The lowest BCUT2D eigenvalue weighted by molar-refractivity contribution is -0.143. The molecule has 16 heavy (non-hydrogen) atoms. The van der Waals surface area contributed by atoms with Gasteiger partial charge in [0.15, 0.2) is 0 Å². The largest absolute Gasteiger partial charge is 0.480 e. The van der Waals surface area contributed by atoms with E-state index in [0.29, 0.717) is 13.0 Å². The quantitative estimate of drug-likeness (QED) is 0.731. The lowest BCUT2D eigenvalue weighted by Gasteiger charge is -2.22. The minimum absolute atomic E-state index is 0.0235.